The molecule has 0 radical (unpaired) electrons. The van der Waals surface area contributed by atoms with Gasteiger partial charge in [0.25, 0.3) is 0 Å². The Morgan fingerprint density at radius 3 is 2.05 bits per heavy atom. The zero-order valence-electron chi connectivity index (χ0n) is 10.7. The van der Waals surface area contributed by atoms with E-state index >= 15 is 0 Å². The van der Waals surface area contributed by atoms with E-state index in [0.717, 1.165) is 5.56 Å². The molecule has 3 atom stereocenters. The molecule has 1 fully saturated rings. The molecule has 1 aliphatic rings. The monoisotopic (exact) mass is 302 g/mol. The summed E-state index contributed by atoms with van der Waals surface area (Å²) in [5.41, 5.74) is 10.1. The van der Waals surface area contributed by atoms with Gasteiger partial charge in [0.15, 0.2) is 0 Å². The van der Waals surface area contributed by atoms with Gasteiger partial charge in [0.1, 0.15) is 0 Å². The van der Waals surface area contributed by atoms with Gasteiger partial charge in [-0.3, -0.25) is 9.59 Å². The van der Waals surface area contributed by atoms with E-state index in [1.54, 1.807) is 6.07 Å². The molecule has 0 spiro atoms. The van der Waals surface area contributed by atoms with E-state index in [4.69, 9.17) is 33.7 Å². The van der Waals surface area contributed by atoms with Crippen LogP contribution >= 0.6 is 23.2 Å². The lowest BCUT2D eigenvalue weighted by molar-refractivity contribution is -0.123. The van der Waals surface area contributed by atoms with E-state index in [9.17, 15) is 4.79 Å². The van der Waals surface area contributed by atoms with Crippen LogP contribution in [0.4, 0.5) is 0 Å². The molecule has 104 valence electrons. The van der Waals surface area contributed by atoms with Crippen LogP contribution < -0.4 is 11.5 Å². The summed E-state index contributed by atoms with van der Waals surface area (Å²) in [7, 11) is 0. The lowest BCUT2D eigenvalue weighted by Gasteiger charge is -2.07. The highest BCUT2D eigenvalue weighted by molar-refractivity contribution is 6.34. The smallest absolute Gasteiger partial charge is 0.224 e. The molecule has 0 bridgehead atoms. The van der Waals surface area contributed by atoms with Gasteiger partial charge in [-0.15, -0.1) is 0 Å². The number of hydrogen-bond donors (Lipinski definition) is 2. The first-order valence-corrected chi connectivity index (χ1v) is 6.45. The van der Waals surface area contributed by atoms with Crippen molar-refractivity contribution in [1.29, 1.82) is 0 Å². The molecule has 0 saturated heterocycles. The molecule has 0 heterocycles. The maximum atomic E-state index is 11.4. The van der Waals surface area contributed by atoms with Crippen molar-refractivity contribution in [3.63, 3.8) is 0 Å². The summed E-state index contributed by atoms with van der Waals surface area (Å²) in [4.78, 5) is 20.0. The summed E-state index contributed by atoms with van der Waals surface area (Å²) >= 11 is 11.9. The molecule has 4 N–H and O–H groups in total. The predicted octanol–water partition coefficient (Wildman–Crippen LogP) is 2.32. The van der Waals surface area contributed by atoms with Gasteiger partial charge >= 0.3 is 0 Å². The summed E-state index contributed by atoms with van der Waals surface area (Å²) in [6.07, 6.45) is 0.250. The minimum Gasteiger partial charge on any atom is -0.372 e. The van der Waals surface area contributed by atoms with Gasteiger partial charge in [-0.25, -0.2) is 0 Å². The van der Waals surface area contributed by atoms with E-state index in [0.29, 0.717) is 10.0 Å². The number of hydrogen-bond acceptors (Lipinski definition) is 2. The molecule has 2 rings (SSSR count). The Hall–Kier alpha value is -1.26. The van der Waals surface area contributed by atoms with Crippen molar-refractivity contribution in [2.24, 2.45) is 22.8 Å². The topological polar surface area (TPSA) is 86.2 Å². The van der Waals surface area contributed by atoms with Crippen molar-refractivity contribution >= 4 is 35.5 Å². The molecule has 6 heteroatoms. The molecule has 3 unspecified atom stereocenters. The number of primary amides is 2. The van der Waals surface area contributed by atoms with Crippen molar-refractivity contribution in [2.75, 3.05) is 0 Å². The number of halogens is 2. The Morgan fingerprint density at radius 1 is 1.32 bits per heavy atom. The third-order valence-electron chi connectivity index (χ3n) is 3.76. The minimum atomic E-state index is -0.464. The van der Waals surface area contributed by atoms with Crippen LogP contribution in [0.2, 0.25) is 10.0 Å². The summed E-state index contributed by atoms with van der Waals surface area (Å²) in [6, 6.07) is 5.38. The largest absolute Gasteiger partial charge is 0.372 e. The highest BCUT2D eigenvalue weighted by atomic mass is 35.5. The summed E-state index contributed by atoms with van der Waals surface area (Å²) < 4.78 is 0. The van der Waals surface area contributed by atoms with E-state index in [1.807, 2.05) is 26.0 Å². The maximum absolute atomic E-state index is 11.4. The number of amides is 2. The Morgan fingerprint density at radius 2 is 1.74 bits per heavy atom. The molecular formula is C13H16Cl2N2O2. The van der Waals surface area contributed by atoms with Crippen LogP contribution in [0, 0.1) is 11.3 Å². The summed E-state index contributed by atoms with van der Waals surface area (Å²) in [5.74, 6) is 0.0989. The highest BCUT2D eigenvalue weighted by Gasteiger charge is 2.63. The normalized spacial score (nSPS) is 28.0. The van der Waals surface area contributed by atoms with Crippen LogP contribution in [0.25, 0.3) is 0 Å². The maximum Gasteiger partial charge on any atom is 0.224 e. The second kappa shape index (κ2) is 5.80. The first kappa shape index (κ1) is 15.8. The number of nitrogens with two attached hydrogens (primary N) is 2. The Bertz CT molecular complexity index is 487. The molecule has 1 aromatic carbocycles. The highest BCUT2D eigenvalue weighted by Crippen LogP contribution is 2.64. The Balaban J connectivity index is 0.000000550. The van der Waals surface area contributed by atoms with Crippen LogP contribution in [0.3, 0.4) is 0 Å². The Labute approximate surface area is 122 Å². The summed E-state index contributed by atoms with van der Waals surface area (Å²) in [5, 5.41) is 1.18. The molecule has 0 aliphatic heterocycles. The van der Waals surface area contributed by atoms with E-state index in [1.165, 1.54) is 0 Å². The number of benzene rings is 1. The quantitative estimate of drug-likeness (QED) is 0.821. The molecule has 1 saturated carbocycles. The van der Waals surface area contributed by atoms with Gasteiger partial charge in [-0.05, 0) is 36.6 Å². The van der Waals surface area contributed by atoms with E-state index in [-0.39, 0.29) is 24.2 Å². The fourth-order valence-electron chi connectivity index (χ4n) is 2.49. The third-order valence-corrected chi connectivity index (χ3v) is 4.19. The number of rotatable bonds is 2. The zero-order valence-corrected chi connectivity index (χ0v) is 12.2. The average molecular weight is 303 g/mol. The van der Waals surface area contributed by atoms with E-state index < -0.39 is 5.41 Å². The van der Waals surface area contributed by atoms with Gasteiger partial charge in [0.05, 0.1) is 5.41 Å². The molecular weight excluding hydrogens is 287 g/mol. The van der Waals surface area contributed by atoms with Crippen molar-refractivity contribution in [1.82, 2.24) is 0 Å². The predicted molar refractivity (Wildman–Crippen MR) is 75.9 cm³/mol. The van der Waals surface area contributed by atoms with Crippen LogP contribution in [-0.2, 0) is 9.59 Å². The van der Waals surface area contributed by atoms with Gasteiger partial charge in [0, 0.05) is 16.0 Å². The second-order valence-electron chi connectivity index (χ2n) is 4.75. The molecule has 2 amide bonds. The molecule has 1 aliphatic carbocycles. The number of carbonyl (C=O) groups excluding carboxylic acids is 2. The standard InChI is InChI=1S/C12H13Cl2NO.CH3NO/c1-6-10(12(6,2)11(15)16)7-3-8(13)5-9(14)4-7;2-1-3/h3-6,10H,1-2H3,(H2,15,16);1H,(H2,2,3). The first-order valence-electron chi connectivity index (χ1n) is 5.70. The van der Waals surface area contributed by atoms with E-state index in [2.05, 4.69) is 5.73 Å². The fraction of sp³-hybridized carbons (Fsp3) is 0.385. The summed E-state index contributed by atoms with van der Waals surface area (Å²) in [6.45, 7) is 3.91. The molecule has 0 aromatic heterocycles. The number of carbonyl (C=O) groups is 2. The van der Waals surface area contributed by atoms with Crippen LogP contribution in [0.15, 0.2) is 18.2 Å². The van der Waals surface area contributed by atoms with Crippen molar-refractivity contribution in [3.05, 3.63) is 33.8 Å². The minimum absolute atomic E-state index is 0.126. The van der Waals surface area contributed by atoms with Crippen LogP contribution in [-0.4, -0.2) is 12.3 Å². The van der Waals surface area contributed by atoms with Crippen LogP contribution in [0.1, 0.15) is 25.3 Å². The van der Waals surface area contributed by atoms with Crippen molar-refractivity contribution in [3.8, 4) is 0 Å². The van der Waals surface area contributed by atoms with Crippen molar-refractivity contribution in [2.45, 2.75) is 19.8 Å². The molecule has 19 heavy (non-hydrogen) atoms. The molecule has 4 nitrogen and oxygen atoms in total. The van der Waals surface area contributed by atoms with Gasteiger partial charge in [-0.2, -0.15) is 0 Å². The van der Waals surface area contributed by atoms with Gasteiger partial charge in [-0.1, -0.05) is 30.1 Å². The zero-order chi connectivity index (χ0) is 14.8. The lowest BCUT2D eigenvalue weighted by Crippen LogP contribution is -2.24. The first-order chi connectivity index (χ1) is 8.78. The lowest BCUT2D eigenvalue weighted by atomic mass is 10.0. The third kappa shape index (κ3) is 3.01. The fourth-order valence-corrected chi connectivity index (χ4v) is 3.04. The van der Waals surface area contributed by atoms with Crippen molar-refractivity contribution < 1.29 is 9.59 Å². The Kier molecular flexibility index (Phi) is 4.82. The van der Waals surface area contributed by atoms with Crippen LogP contribution in [0.5, 0.6) is 0 Å². The SMILES string of the molecule is CC1C(c2cc(Cl)cc(Cl)c2)C1(C)C(N)=O.NC=O. The van der Waals surface area contributed by atoms with Gasteiger partial charge < -0.3 is 11.5 Å². The second-order valence-corrected chi connectivity index (χ2v) is 5.63. The average Bonchev–Trinajstić information content (AvgIpc) is 2.82. The van der Waals surface area contributed by atoms with Gasteiger partial charge in [0.2, 0.25) is 12.3 Å². The molecule has 1 aromatic rings.